The molecule has 0 unspecified atom stereocenters. The van der Waals surface area contributed by atoms with Crippen molar-refractivity contribution in [3.05, 3.63) is 111 Å². The van der Waals surface area contributed by atoms with E-state index in [1.54, 1.807) is 36.8 Å². The minimum Gasteiger partial charge on any atom is -0.497 e. The molecule has 0 atom stereocenters. The van der Waals surface area contributed by atoms with Gasteiger partial charge in [-0.1, -0.05) is 42.5 Å². The van der Waals surface area contributed by atoms with Crippen LogP contribution in [0, 0.1) is 0 Å². The molecular formula is C33H28N6O3S. The fourth-order valence-corrected chi connectivity index (χ4v) is 6.59. The van der Waals surface area contributed by atoms with Gasteiger partial charge in [0.05, 0.1) is 24.7 Å². The maximum Gasteiger partial charge on any atom is 0.276 e. The predicted octanol–water partition coefficient (Wildman–Crippen LogP) is 5.81. The first kappa shape index (κ1) is 26.9. The van der Waals surface area contributed by atoms with Crippen molar-refractivity contribution >= 4 is 50.8 Å². The Morgan fingerprint density at radius 3 is 2.70 bits per heavy atom. The molecule has 0 spiro atoms. The maximum atomic E-state index is 13.5. The molecular weight excluding hydrogens is 560 g/mol. The number of methoxy groups -OCH3 is 1. The van der Waals surface area contributed by atoms with Crippen molar-refractivity contribution in [2.75, 3.05) is 19.0 Å². The zero-order valence-corrected chi connectivity index (χ0v) is 24.3. The quantitative estimate of drug-likeness (QED) is 0.216. The summed E-state index contributed by atoms with van der Waals surface area (Å²) in [5, 5.41) is 5.48. The Bertz CT molecular complexity index is 1980. The highest BCUT2D eigenvalue weighted by Gasteiger charge is 2.23. The van der Waals surface area contributed by atoms with Crippen LogP contribution in [0.2, 0.25) is 0 Å². The number of ether oxygens (including phenoxy) is 1. The van der Waals surface area contributed by atoms with Crippen molar-refractivity contribution < 1.29 is 14.3 Å². The number of nitrogens with zero attached hydrogens (tertiary/aromatic N) is 4. The van der Waals surface area contributed by atoms with Gasteiger partial charge in [0.15, 0.2) is 5.78 Å². The molecule has 6 aromatic rings. The zero-order valence-electron chi connectivity index (χ0n) is 23.5. The van der Waals surface area contributed by atoms with E-state index in [1.807, 2.05) is 48.5 Å². The van der Waals surface area contributed by atoms with Crippen molar-refractivity contribution in [1.82, 2.24) is 24.8 Å². The Balaban J connectivity index is 1.04. The second-order valence-corrected chi connectivity index (χ2v) is 11.7. The zero-order chi connectivity index (χ0) is 29.3. The van der Waals surface area contributed by atoms with E-state index < -0.39 is 0 Å². The molecule has 3 aromatic heterocycles. The molecule has 43 heavy (non-hydrogen) atoms. The number of rotatable bonds is 8. The first-order chi connectivity index (χ1) is 21.0. The number of aromatic amines is 1. The van der Waals surface area contributed by atoms with E-state index in [0.717, 1.165) is 53.3 Å². The van der Waals surface area contributed by atoms with Crippen molar-refractivity contribution in [3.63, 3.8) is 0 Å². The molecule has 0 fully saturated rings. The number of carbonyl (C=O) groups excluding carboxylic acids is 2. The third kappa shape index (κ3) is 5.62. The highest BCUT2D eigenvalue weighted by Crippen LogP contribution is 2.28. The van der Waals surface area contributed by atoms with Crippen LogP contribution in [0.4, 0.5) is 5.95 Å². The van der Waals surface area contributed by atoms with E-state index >= 15 is 0 Å². The highest BCUT2D eigenvalue weighted by atomic mass is 32.1. The van der Waals surface area contributed by atoms with Crippen molar-refractivity contribution in [2.24, 2.45) is 0 Å². The summed E-state index contributed by atoms with van der Waals surface area (Å²) in [6.45, 7) is 2.59. The van der Waals surface area contributed by atoms with Gasteiger partial charge in [-0.25, -0.2) is 9.97 Å². The standard InChI is InChI=1S/C33H28N6O3S/c1-42-23-11-9-20(10-12-23)18-39-14-13-25-29(19-39)43-30(35-25)16-28(40)24-7-4-8-26-31(24)37-33(36-26)38-32(41)27-15-21-5-2-3-6-22(21)17-34-27/h2-12,15,17H,13-14,16,18-19H2,1H3,(H2,36,37,38,41). The average Bonchev–Trinajstić information content (AvgIpc) is 3.63. The summed E-state index contributed by atoms with van der Waals surface area (Å²) in [6.07, 6.45) is 2.74. The fraction of sp³-hybridized carbons (Fsp3) is 0.182. The van der Waals surface area contributed by atoms with Gasteiger partial charge in [0.25, 0.3) is 5.91 Å². The lowest BCUT2D eigenvalue weighted by Gasteiger charge is -2.25. The smallest absolute Gasteiger partial charge is 0.276 e. The van der Waals surface area contributed by atoms with E-state index in [9.17, 15) is 9.59 Å². The second-order valence-electron chi connectivity index (χ2n) is 10.5. The molecule has 214 valence electrons. The van der Waals surface area contributed by atoms with Gasteiger partial charge in [-0.3, -0.25) is 24.8 Å². The Hall–Kier alpha value is -4.93. The van der Waals surface area contributed by atoms with E-state index in [-0.39, 0.29) is 29.8 Å². The number of benzene rings is 3. The fourth-order valence-electron chi connectivity index (χ4n) is 5.43. The number of carbonyl (C=O) groups is 2. The molecule has 4 heterocycles. The number of amides is 1. The van der Waals surface area contributed by atoms with Crippen molar-refractivity contribution in [1.29, 1.82) is 0 Å². The SMILES string of the molecule is COc1ccc(CN2CCc3nc(CC(=O)c4cccc5[nH]c(NC(=O)c6cc7ccccc7cn6)nc45)sc3C2)cc1. The maximum absolute atomic E-state index is 13.5. The molecule has 1 aliphatic heterocycles. The molecule has 1 amide bonds. The lowest BCUT2D eigenvalue weighted by molar-refractivity contribution is 0.0992. The highest BCUT2D eigenvalue weighted by molar-refractivity contribution is 7.11. The number of fused-ring (bicyclic) bond motifs is 3. The Morgan fingerprint density at radius 1 is 1.02 bits per heavy atom. The minimum absolute atomic E-state index is 0.0626. The van der Waals surface area contributed by atoms with Gasteiger partial charge in [0.1, 0.15) is 22.0 Å². The van der Waals surface area contributed by atoms with Crippen LogP contribution in [0.25, 0.3) is 21.8 Å². The minimum atomic E-state index is -0.382. The summed E-state index contributed by atoms with van der Waals surface area (Å²) >= 11 is 1.61. The van der Waals surface area contributed by atoms with E-state index in [4.69, 9.17) is 9.72 Å². The van der Waals surface area contributed by atoms with Crippen LogP contribution in [-0.2, 0) is 25.9 Å². The molecule has 0 bridgehead atoms. The molecule has 0 saturated carbocycles. The number of para-hydroxylation sites is 1. The topological polar surface area (TPSA) is 113 Å². The van der Waals surface area contributed by atoms with E-state index in [2.05, 4.69) is 37.3 Å². The number of hydrogen-bond donors (Lipinski definition) is 2. The number of thiazole rings is 1. The number of ketones is 1. The summed E-state index contributed by atoms with van der Waals surface area (Å²) in [7, 11) is 1.67. The van der Waals surface area contributed by atoms with E-state index in [0.29, 0.717) is 16.6 Å². The van der Waals surface area contributed by atoms with Gasteiger partial charge in [0.2, 0.25) is 5.95 Å². The number of hydrogen-bond acceptors (Lipinski definition) is 8. The first-order valence-corrected chi connectivity index (χ1v) is 14.8. The van der Waals surface area contributed by atoms with Crippen LogP contribution in [0.5, 0.6) is 5.75 Å². The van der Waals surface area contributed by atoms with Gasteiger partial charge < -0.3 is 9.72 Å². The third-order valence-corrected chi connectivity index (χ3v) is 8.72. The number of Topliss-reactive ketones (excluding diaryl/α,β-unsaturated/α-hetero) is 1. The van der Waals surface area contributed by atoms with Gasteiger partial charge >= 0.3 is 0 Å². The van der Waals surface area contributed by atoms with Crippen molar-refractivity contribution in [3.8, 4) is 5.75 Å². The Labute approximate surface area is 251 Å². The molecule has 2 N–H and O–H groups in total. The largest absolute Gasteiger partial charge is 0.497 e. The Morgan fingerprint density at radius 2 is 1.86 bits per heavy atom. The molecule has 0 aliphatic carbocycles. The monoisotopic (exact) mass is 588 g/mol. The predicted molar refractivity (Wildman–Crippen MR) is 167 cm³/mol. The lowest BCUT2D eigenvalue weighted by Crippen LogP contribution is -2.29. The number of pyridine rings is 1. The van der Waals surface area contributed by atoms with Crippen LogP contribution in [0.3, 0.4) is 0 Å². The third-order valence-electron chi connectivity index (χ3n) is 7.64. The number of anilines is 1. The summed E-state index contributed by atoms with van der Waals surface area (Å²) in [5.41, 5.74) is 4.28. The number of aromatic nitrogens is 4. The summed E-state index contributed by atoms with van der Waals surface area (Å²) in [6, 6.07) is 23.1. The van der Waals surface area contributed by atoms with Crippen LogP contribution < -0.4 is 10.1 Å². The van der Waals surface area contributed by atoms with Crippen molar-refractivity contribution in [2.45, 2.75) is 25.9 Å². The molecule has 0 radical (unpaired) electrons. The van der Waals surface area contributed by atoms with Gasteiger partial charge in [0, 0.05) is 48.1 Å². The van der Waals surface area contributed by atoms with Crippen LogP contribution in [-0.4, -0.2) is 50.2 Å². The number of imidazole rings is 1. The number of nitrogens with one attached hydrogen (secondary N) is 2. The molecule has 1 aliphatic rings. The summed E-state index contributed by atoms with van der Waals surface area (Å²) in [5.74, 6) is 0.669. The molecule has 0 saturated heterocycles. The second kappa shape index (κ2) is 11.4. The van der Waals surface area contributed by atoms with Crippen LogP contribution in [0.1, 0.15) is 42.0 Å². The average molecular weight is 589 g/mol. The molecule has 9 nitrogen and oxygen atoms in total. The first-order valence-electron chi connectivity index (χ1n) is 14.0. The van der Waals surface area contributed by atoms with Crippen LogP contribution >= 0.6 is 11.3 Å². The van der Waals surface area contributed by atoms with Crippen LogP contribution in [0.15, 0.2) is 79.0 Å². The number of H-pyrrole nitrogens is 1. The lowest BCUT2D eigenvalue weighted by atomic mass is 10.1. The molecule has 10 heteroatoms. The van der Waals surface area contributed by atoms with Gasteiger partial charge in [-0.05, 0) is 41.3 Å². The molecule has 7 rings (SSSR count). The summed E-state index contributed by atoms with van der Waals surface area (Å²) < 4.78 is 5.27. The Kier molecular flexibility index (Phi) is 7.14. The molecule has 3 aromatic carbocycles. The van der Waals surface area contributed by atoms with E-state index in [1.165, 1.54) is 10.4 Å². The van der Waals surface area contributed by atoms with Gasteiger partial charge in [-0.15, -0.1) is 11.3 Å². The van der Waals surface area contributed by atoms with Gasteiger partial charge in [-0.2, -0.15) is 0 Å². The summed E-state index contributed by atoms with van der Waals surface area (Å²) in [4.78, 5) is 46.8. The normalized spacial score (nSPS) is 13.2.